The minimum absolute atomic E-state index is 0.0507. The SMILES string of the molecule is NC(=O)[C@H](CCC(=O)O)N1Cc2c(ccc(C[C@H]3CCCC[C@@H]3N)c2F)C1=O. The van der Waals surface area contributed by atoms with Crippen molar-refractivity contribution in [2.75, 3.05) is 0 Å². The predicted octanol–water partition coefficient (Wildman–Crippen LogP) is 1.56. The van der Waals surface area contributed by atoms with E-state index in [9.17, 15) is 14.4 Å². The Labute approximate surface area is 162 Å². The molecular weight excluding hydrogens is 365 g/mol. The first-order valence-corrected chi connectivity index (χ1v) is 9.67. The monoisotopic (exact) mass is 391 g/mol. The summed E-state index contributed by atoms with van der Waals surface area (Å²) in [6, 6.07) is 2.17. The molecule has 2 amide bonds. The molecule has 2 aliphatic rings. The minimum Gasteiger partial charge on any atom is -0.481 e. The number of carboxylic acids is 1. The highest BCUT2D eigenvalue weighted by Gasteiger charge is 2.38. The molecule has 1 aliphatic carbocycles. The van der Waals surface area contributed by atoms with E-state index in [1.54, 1.807) is 12.1 Å². The van der Waals surface area contributed by atoms with Crippen LogP contribution in [0.2, 0.25) is 0 Å². The van der Waals surface area contributed by atoms with Gasteiger partial charge in [-0.2, -0.15) is 0 Å². The van der Waals surface area contributed by atoms with E-state index in [1.807, 2.05) is 0 Å². The topological polar surface area (TPSA) is 127 Å². The van der Waals surface area contributed by atoms with Gasteiger partial charge in [-0.05, 0) is 43.2 Å². The summed E-state index contributed by atoms with van der Waals surface area (Å²) in [6.07, 6.45) is 4.19. The summed E-state index contributed by atoms with van der Waals surface area (Å²) in [7, 11) is 0. The molecular formula is C20H26FN3O4. The van der Waals surface area contributed by atoms with Gasteiger partial charge in [0.1, 0.15) is 11.9 Å². The maximum Gasteiger partial charge on any atom is 0.303 e. The molecule has 3 rings (SSSR count). The van der Waals surface area contributed by atoms with Crippen molar-refractivity contribution in [3.8, 4) is 0 Å². The van der Waals surface area contributed by atoms with Gasteiger partial charge in [-0.25, -0.2) is 4.39 Å². The van der Waals surface area contributed by atoms with Crippen LogP contribution in [0.4, 0.5) is 4.39 Å². The second-order valence-corrected chi connectivity index (χ2v) is 7.76. The number of primary amides is 1. The van der Waals surface area contributed by atoms with Gasteiger partial charge < -0.3 is 21.5 Å². The number of hydrogen-bond donors (Lipinski definition) is 3. The van der Waals surface area contributed by atoms with Crippen LogP contribution < -0.4 is 11.5 Å². The Morgan fingerprint density at radius 3 is 2.64 bits per heavy atom. The third-order valence-electron chi connectivity index (χ3n) is 5.93. The quantitative estimate of drug-likeness (QED) is 0.650. The minimum atomic E-state index is -1.09. The Bertz CT molecular complexity index is 798. The molecule has 3 atom stereocenters. The number of carbonyl (C=O) groups is 3. The molecule has 0 bridgehead atoms. The maximum atomic E-state index is 15.2. The summed E-state index contributed by atoms with van der Waals surface area (Å²) in [5.74, 6) is -2.61. The van der Waals surface area contributed by atoms with Gasteiger partial charge in [0.15, 0.2) is 0 Å². The number of carbonyl (C=O) groups excluding carboxylic acids is 2. The number of hydrogen-bond acceptors (Lipinski definition) is 4. The molecule has 5 N–H and O–H groups in total. The average molecular weight is 391 g/mol. The summed E-state index contributed by atoms with van der Waals surface area (Å²) < 4.78 is 15.2. The lowest BCUT2D eigenvalue weighted by atomic mass is 9.81. The first kappa shape index (κ1) is 20.3. The number of rotatable bonds is 7. The van der Waals surface area contributed by atoms with Crippen molar-refractivity contribution in [1.82, 2.24) is 4.90 Å². The van der Waals surface area contributed by atoms with Gasteiger partial charge in [-0.1, -0.05) is 18.9 Å². The molecule has 0 aromatic heterocycles. The smallest absolute Gasteiger partial charge is 0.303 e. The van der Waals surface area contributed by atoms with Crippen LogP contribution in [0.5, 0.6) is 0 Å². The van der Waals surface area contributed by atoms with E-state index in [0.29, 0.717) is 12.0 Å². The van der Waals surface area contributed by atoms with Crippen molar-refractivity contribution in [3.05, 3.63) is 34.6 Å². The first-order chi connectivity index (χ1) is 13.3. The van der Waals surface area contributed by atoms with E-state index in [-0.39, 0.29) is 42.5 Å². The van der Waals surface area contributed by atoms with Crippen LogP contribution in [0.3, 0.4) is 0 Å². The lowest BCUT2D eigenvalue weighted by molar-refractivity contribution is -0.137. The molecule has 0 unspecified atom stereocenters. The van der Waals surface area contributed by atoms with Crippen molar-refractivity contribution in [2.45, 2.75) is 63.6 Å². The molecule has 1 saturated carbocycles. The van der Waals surface area contributed by atoms with E-state index >= 15 is 4.39 Å². The summed E-state index contributed by atoms with van der Waals surface area (Å²) in [6.45, 7) is -0.0855. The van der Waals surface area contributed by atoms with Crippen molar-refractivity contribution in [1.29, 1.82) is 0 Å². The van der Waals surface area contributed by atoms with E-state index < -0.39 is 29.6 Å². The van der Waals surface area contributed by atoms with Crippen molar-refractivity contribution < 1.29 is 23.9 Å². The predicted molar refractivity (Wildman–Crippen MR) is 99.8 cm³/mol. The van der Waals surface area contributed by atoms with Gasteiger partial charge in [0, 0.05) is 23.6 Å². The fourth-order valence-electron chi connectivity index (χ4n) is 4.32. The Hall–Kier alpha value is -2.48. The Morgan fingerprint density at radius 1 is 1.29 bits per heavy atom. The molecule has 8 heteroatoms. The Kier molecular flexibility index (Phi) is 5.98. The molecule has 0 radical (unpaired) electrons. The molecule has 1 heterocycles. The van der Waals surface area contributed by atoms with Crippen LogP contribution in [-0.4, -0.2) is 39.9 Å². The number of nitrogens with zero attached hydrogens (tertiary/aromatic N) is 1. The average Bonchev–Trinajstić information content (AvgIpc) is 2.96. The van der Waals surface area contributed by atoms with Crippen LogP contribution in [0.15, 0.2) is 12.1 Å². The third kappa shape index (κ3) is 4.01. The largest absolute Gasteiger partial charge is 0.481 e. The number of fused-ring (bicyclic) bond motifs is 1. The number of nitrogens with two attached hydrogens (primary N) is 2. The normalized spacial score (nSPS) is 22.8. The number of halogens is 1. The lowest BCUT2D eigenvalue weighted by Crippen LogP contribution is -2.45. The third-order valence-corrected chi connectivity index (χ3v) is 5.93. The van der Waals surface area contributed by atoms with Gasteiger partial charge in [0.25, 0.3) is 5.91 Å². The van der Waals surface area contributed by atoms with Crippen LogP contribution >= 0.6 is 0 Å². The van der Waals surface area contributed by atoms with E-state index in [1.165, 1.54) is 4.90 Å². The summed E-state index contributed by atoms with van der Waals surface area (Å²) in [5, 5.41) is 8.86. The molecule has 1 aromatic carbocycles. The molecule has 28 heavy (non-hydrogen) atoms. The first-order valence-electron chi connectivity index (χ1n) is 9.67. The van der Waals surface area contributed by atoms with Gasteiger partial charge in [0.2, 0.25) is 5.91 Å². The molecule has 0 spiro atoms. The van der Waals surface area contributed by atoms with Gasteiger partial charge in [-0.3, -0.25) is 14.4 Å². The van der Waals surface area contributed by atoms with Crippen LogP contribution in [0, 0.1) is 11.7 Å². The van der Waals surface area contributed by atoms with E-state index in [4.69, 9.17) is 16.6 Å². The lowest BCUT2D eigenvalue weighted by Gasteiger charge is -2.28. The van der Waals surface area contributed by atoms with Crippen LogP contribution in [0.25, 0.3) is 0 Å². The van der Waals surface area contributed by atoms with Gasteiger partial charge in [-0.15, -0.1) is 0 Å². The van der Waals surface area contributed by atoms with Crippen LogP contribution in [0.1, 0.15) is 60.0 Å². The number of benzene rings is 1. The summed E-state index contributed by atoms with van der Waals surface area (Å²) in [4.78, 5) is 36.5. The zero-order chi connectivity index (χ0) is 20.4. The molecule has 152 valence electrons. The second-order valence-electron chi connectivity index (χ2n) is 7.76. The molecule has 1 aromatic rings. The van der Waals surface area contributed by atoms with E-state index in [0.717, 1.165) is 25.7 Å². The number of carboxylic acid groups (broad SMARTS) is 1. The standard InChI is InChI=1S/C20H26FN3O4/c21-18-12(9-11-3-1-2-4-15(11)22)5-6-13-14(18)10-24(20(13)28)16(19(23)27)7-8-17(25)26/h5-6,11,15-16H,1-4,7-10,22H2,(H2,23,27)(H,25,26)/t11-,15+,16+/m1/s1. The summed E-state index contributed by atoms with van der Waals surface area (Å²) in [5.41, 5.74) is 12.5. The second kappa shape index (κ2) is 8.26. The van der Waals surface area contributed by atoms with E-state index in [2.05, 4.69) is 0 Å². The highest BCUT2D eigenvalue weighted by atomic mass is 19.1. The number of aliphatic carboxylic acids is 1. The van der Waals surface area contributed by atoms with Gasteiger partial charge in [0.05, 0.1) is 6.54 Å². The van der Waals surface area contributed by atoms with Gasteiger partial charge >= 0.3 is 5.97 Å². The Balaban J connectivity index is 1.81. The van der Waals surface area contributed by atoms with Crippen molar-refractivity contribution >= 4 is 17.8 Å². The number of amides is 2. The summed E-state index contributed by atoms with van der Waals surface area (Å²) >= 11 is 0. The Morgan fingerprint density at radius 2 is 2.00 bits per heavy atom. The molecule has 7 nitrogen and oxygen atoms in total. The van der Waals surface area contributed by atoms with Crippen molar-refractivity contribution in [3.63, 3.8) is 0 Å². The fraction of sp³-hybridized carbons (Fsp3) is 0.550. The zero-order valence-corrected chi connectivity index (χ0v) is 15.7. The maximum absolute atomic E-state index is 15.2. The highest BCUT2D eigenvalue weighted by Crippen LogP contribution is 2.33. The molecule has 1 aliphatic heterocycles. The molecule has 0 saturated heterocycles. The molecule has 1 fully saturated rings. The zero-order valence-electron chi connectivity index (χ0n) is 15.7. The highest BCUT2D eigenvalue weighted by molar-refractivity contribution is 6.01. The fourth-order valence-corrected chi connectivity index (χ4v) is 4.32. The van der Waals surface area contributed by atoms with Crippen LogP contribution in [-0.2, 0) is 22.6 Å². The van der Waals surface area contributed by atoms with Crippen molar-refractivity contribution in [2.24, 2.45) is 17.4 Å².